The minimum Gasteiger partial charge on any atom is -1.00 e. The van der Waals surface area contributed by atoms with Crippen molar-refractivity contribution >= 4 is 27.3 Å². The molecule has 6 nitrogen and oxygen atoms in total. The van der Waals surface area contributed by atoms with Gasteiger partial charge in [0.15, 0.2) is 5.76 Å². The van der Waals surface area contributed by atoms with Crippen LogP contribution in [0.4, 0.5) is 4.39 Å². The van der Waals surface area contributed by atoms with Crippen LogP contribution in [0.15, 0.2) is 45.5 Å². The molecular formula is C16H14FN2NaO4S2. The molecule has 0 atom stereocenters. The summed E-state index contributed by atoms with van der Waals surface area (Å²) in [6.45, 7) is 0. The predicted molar refractivity (Wildman–Crippen MR) is 93.0 cm³/mol. The zero-order valence-electron chi connectivity index (χ0n) is 15.0. The first kappa shape index (κ1) is 20.8. The van der Waals surface area contributed by atoms with Gasteiger partial charge in [-0.3, -0.25) is 9.52 Å². The summed E-state index contributed by atoms with van der Waals surface area (Å²) in [4.78, 5) is 16.2. The van der Waals surface area contributed by atoms with Crippen molar-refractivity contribution in [3.63, 3.8) is 0 Å². The summed E-state index contributed by atoms with van der Waals surface area (Å²) in [5, 5.41) is 3.67. The van der Waals surface area contributed by atoms with Crippen LogP contribution in [0.3, 0.4) is 0 Å². The van der Waals surface area contributed by atoms with Crippen LogP contribution in [0.2, 0.25) is 0 Å². The number of amides is 1. The van der Waals surface area contributed by atoms with Crippen molar-refractivity contribution in [2.75, 3.05) is 6.26 Å². The van der Waals surface area contributed by atoms with Crippen molar-refractivity contribution in [2.45, 2.75) is 6.42 Å². The van der Waals surface area contributed by atoms with Gasteiger partial charge in [0, 0.05) is 16.5 Å². The fourth-order valence-electron chi connectivity index (χ4n) is 2.20. The first-order valence-electron chi connectivity index (χ1n) is 7.10. The molecule has 3 aromatic rings. The van der Waals surface area contributed by atoms with E-state index in [1.54, 1.807) is 6.07 Å². The Kier molecular flexibility index (Phi) is 6.75. The normalized spacial score (nSPS) is 11.0. The van der Waals surface area contributed by atoms with Gasteiger partial charge in [0.1, 0.15) is 5.82 Å². The molecule has 2 aromatic heterocycles. The largest absolute Gasteiger partial charge is 1.00 e. The van der Waals surface area contributed by atoms with Crippen LogP contribution in [0.25, 0.3) is 22.8 Å². The smallest absolute Gasteiger partial charge is 1.00 e. The molecule has 2 heterocycles. The second kappa shape index (κ2) is 8.45. The summed E-state index contributed by atoms with van der Waals surface area (Å²) in [6.07, 6.45) is 0.639. The summed E-state index contributed by atoms with van der Waals surface area (Å²) >= 11 is 1.45. The van der Waals surface area contributed by atoms with Gasteiger partial charge in [0.2, 0.25) is 21.8 Å². The topological polar surface area (TPSA) is 89.3 Å². The summed E-state index contributed by atoms with van der Waals surface area (Å²) in [5.74, 6) is -0.494. The van der Waals surface area contributed by atoms with Crippen LogP contribution in [0, 0.1) is 5.82 Å². The molecule has 0 saturated carbocycles. The van der Waals surface area contributed by atoms with E-state index in [2.05, 4.69) is 4.98 Å². The zero-order valence-corrected chi connectivity index (χ0v) is 17.7. The van der Waals surface area contributed by atoms with Crippen LogP contribution in [0.1, 0.15) is 7.12 Å². The molecule has 0 fully saturated rings. The third kappa shape index (κ3) is 5.24. The van der Waals surface area contributed by atoms with E-state index in [4.69, 9.17) is 4.42 Å². The maximum atomic E-state index is 13.1. The second-order valence-corrected chi connectivity index (χ2v) is 7.82. The average Bonchev–Trinajstić information content (AvgIpc) is 3.15. The number of hydrogen-bond donors (Lipinski definition) is 1. The van der Waals surface area contributed by atoms with Gasteiger partial charge in [-0.25, -0.2) is 17.8 Å². The van der Waals surface area contributed by atoms with E-state index >= 15 is 0 Å². The van der Waals surface area contributed by atoms with E-state index < -0.39 is 15.9 Å². The molecular weight excluding hydrogens is 390 g/mol. The van der Waals surface area contributed by atoms with Crippen molar-refractivity contribution in [1.29, 1.82) is 0 Å². The van der Waals surface area contributed by atoms with Crippen molar-refractivity contribution in [2.24, 2.45) is 0 Å². The molecule has 1 aromatic carbocycles. The van der Waals surface area contributed by atoms with Gasteiger partial charge in [-0.05, 0) is 35.7 Å². The van der Waals surface area contributed by atoms with Crippen molar-refractivity contribution < 1.29 is 53.0 Å². The summed E-state index contributed by atoms with van der Waals surface area (Å²) < 4.78 is 43.1. The number of oxazole rings is 1. The number of carbonyl (C=O) groups excluding carboxylic acids is 1. The van der Waals surface area contributed by atoms with Crippen LogP contribution < -0.4 is 34.3 Å². The Morgan fingerprint density at radius 3 is 2.54 bits per heavy atom. The average molecular weight is 404 g/mol. The van der Waals surface area contributed by atoms with Gasteiger partial charge < -0.3 is 5.84 Å². The molecule has 0 spiro atoms. The number of nitrogens with zero attached hydrogens (tertiary/aromatic N) is 1. The molecule has 26 heavy (non-hydrogen) atoms. The molecule has 0 unspecified atom stereocenters. The van der Waals surface area contributed by atoms with Gasteiger partial charge in [0.25, 0.3) is 0 Å². The van der Waals surface area contributed by atoms with Gasteiger partial charge in [-0.1, -0.05) is 0 Å². The summed E-state index contributed by atoms with van der Waals surface area (Å²) in [7, 11) is -3.66. The summed E-state index contributed by atoms with van der Waals surface area (Å²) in [5.41, 5.74) is 1.58. The standard InChI is InChI=1S/C16H13FN2O4S2.Na.H/c1-25(21,22)19-14(20)8-13-15(11-6-7-24-9-11)23-16(18-13)10-2-4-12(17)5-3-10;;/h2-7,9H,8H2,1H3,(H,19,20);;/q;+1;-1. The van der Waals surface area contributed by atoms with E-state index in [0.717, 1.165) is 11.8 Å². The van der Waals surface area contributed by atoms with E-state index in [-0.39, 0.29) is 49.1 Å². The number of rotatable bonds is 5. The predicted octanol–water partition coefficient (Wildman–Crippen LogP) is -0.0560. The van der Waals surface area contributed by atoms with E-state index in [1.165, 1.54) is 35.6 Å². The Morgan fingerprint density at radius 2 is 1.96 bits per heavy atom. The molecule has 0 bridgehead atoms. The Balaban J connectivity index is 0.00000182. The number of hydrogen-bond acceptors (Lipinski definition) is 6. The number of halogens is 1. The van der Waals surface area contributed by atoms with Gasteiger partial charge in [-0.15, -0.1) is 0 Å². The molecule has 1 amide bonds. The van der Waals surface area contributed by atoms with Crippen molar-refractivity contribution in [3.8, 4) is 22.8 Å². The Hall–Kier alpha value is -1.52. The Bertz CT molecular complexity index is 1010. The minimum atomic E-state index is -3.66. The third-order valence-electron chi connectivity index (χ3n) is 3.20. The van der Waals surface area contributed by atoms with Crippen molar-refractivity contribution in [3.05, 3.63) is 52.6 Å². The molecule has 1 N–H and O–H groups in total. The van der Waals surface area contributed by atoms with Crippen molar-refractivity contribution in [1.82, 2.24) is 9.71 Å². The first-order valence-corrected chi connectivity index (χ1v) is 9.94. The SMILES string of the molecule is CS(=O)(=O)NC(=O)Cc1nc(-c2ccc(F)cc2)oc1-c1ccsc1.[H-].[Na+]. The third-order valence-corrected chi connectivity index (χ3v) is 4.48. The van der Waals surface area contributed by atoms with E-state index in [0.29, 0.717) is 17.0 Å². The number of benzene rings is 1. The molecule has 0 saturated heterocycles. The van der Waals surface area contributed by atoms with Gasteiger partial charge in [-0.2, -0.15) is 11.3 Å². The van der Waals surface area contributed by atoms with Crippen LogP contribution in [-0.4, -0.2) is 25.6 Å². The summed E-state index contributed by atoms with van der Waals surface area (Å²) in [6, 6.07) is 7.38. The molecule has 0 aliphatic carbocycles. The molecule has 132 valence electrons. The number of carbonyl (C=O) groups is 1. The number of thiophene rings is 1. The molecule has 0 aliphatic heterocycles. The maximum absolute atomic E-state index is 13.1. The van der Waals surface area contributed by atoms with Crippen LogP contribution >= 0.6 is 11.3 Å². The Labute approximate surface area is 177 Å². The first-order chi connectivity index (χ1) is 11.8. The number of aromatic nitrogens is 1. The fourth-order valence-corrected chi connectivity index (χ4v) is 3.32. The van der Waals surface area contributed by atoms with Gasteiger partial charge in [0.05, 0.1) is 18.4 Å². The molecule has 0 aliphatic rings. The van der Waals surface area contributed by atoms with E-state index in [1.807, 2.05) is 15.5 Å². The number of sulfonamides is 1. The molecule has 0 radical (unpaired) electrons. The molecule has 3 rings (SSSR count). The fraction of sp³-hybridized carbons (Fsp3) is 0.125. The second-order valence-electron chi connectivity index (χ2n) is 5.29. The zero-order chi connectivity index (χ0) is 18.0. The van der Waals surface area contributed by atoms with Crippen LogP contribution in [-0.2, 0) is 21.2 Å². The van der Waals surface area contributed by atoms with Gasteiger partial charge >= 0.3 is 29.6 Å². The Morgan fingerprint density at radius 1 is 1.27 bits per heavy atom. The van der Waals surface area contributed by atoms with Crippen LogP contribution in [0.5, 0.6) is 0 Å². The number of nitrogens with one attached hydrogen (secondary N) is 1. The van der Waals surface area contributed by atoms with E-state index in [9.17, 15) is 17.6 Å². The quantitative estimate of drug-likeness (QED) is 0.602. The monoisotopic (exact) mass is 404 g/mol. The maximum Gasteiger partial charge on any atom is 1.00 e. The molecule has 10 heteroatoms. The minimum absolute atomic E-state index is 0.